The second-order valence-corrected chi connectivity index (χ2v) is 4.20. The topological polar surface area (TPSA) is 67.4 Å². The number of rotatable bonds is 5. The number of halogens is 3. The van der Waals surface area contributed by atoms with Gasteiger partial charge in [-0.05, 0) is 19.9 Å². The van der Waals surface area contributed by atoms with E-state index in [-0.39, 0.29) is 19.3 Å². The average Bonchev–Trinajstić information content (AvgIpc) is 3.05. The minimum Gasteiger partial charge on any atom is -0.468 e. The van der Waals surface area contributed by atoms with Gasteiger partial charge < -0.3 is 15.4 Å². The molecule has 0 unspecified atom stereocenters. The summed E-state index contributed by atoms with van der Waals surface area (Å²) in [5.74, 6) is -1.51. The molecule has 0 bridgehead atoms. The summed E-state index contributed by atoms with van der Waals surface area (Å²) in [6, 6.07) is -0.945. The molecule has 1 aliphatic rings. The number of nitrogens with one attached hydrogen (secondary N) is 2. The molecule has 0 aromatic rings. The van der Waals surface area contributed by atoms with Gasteiger partial charge in [-0.3, -0.25) is 9.59 Å². The Morgan fingerprint density at radius 2 is 1.94 bits per heavy atom. The maximum Gasteiger partial charge on any atom is 0.411 e. The van der Waals surface area contributed by atoms with Gasteiger partial charge in [-0.2, -0.15) is 13.2 Å². The van der Waals surface area contributed by atoms with E-state index in [9.17, 15) is 22.8 Å². The third-order valence-corrected chi connectivity index (χ3v) is 2.90. The zero-order valence-corrected chi connectivity index (χ0v) is 10.1. The first-order valence-electron chi connectivity index (χ1n) is 5.38. The minimum atomic E-state index is -4.46. The molecule has 5 nitrogen and oxygen atoms in total. The van der Waals surface area contributed by atoms with Crippen molar-refractivity contribution in [2.75, 3.05) is 14.2 Å². The third kappa shape index (κ3) is 3.12. The van der Waals surface area contributed by atoms with Crippen LogP contribution in [0.4, 0.5) is 13.2 Å². The van der Waals surface area contributed by atoms with Crippen molar-refractivity contribution in [3.05, 3.63) is 0 Å². The Labute approximate surface area is 102 Å². The van der Waals surface area contributed by atoms with Crippen LogP contribution in [0, 0.1) is 0 Å². The van der Waals surface area contributed by atoms with Gasteiger partial charge in [0.15, 0.2) is 0 Å². The van der Waals surface area contributed by atoms with Gasteiger partial charge in [0.25, 0.3) is 0 Å². The second-order valence-electron chi connectivity index (χ2n) is 4.20. The van der Waals surface area contributed by atoms with Crippen molar-refractivity contribution in [1.29, 1.82) is 0 Å². The molecule has 0 aliphatic heterocycles. The van der Waals surface area contributed by atoms with E-state index in [1.54, 1.807) is 0 Å². The fraction of sp³-hybridized carbons (Fsp3) is 0.800. The molecule has 2 N–H and O–H groups in total. The summed E-state index contributed by atoms with van der Waals surface area (Å²) in [6.45, 7) is 0. The molecule has 1 rings (SSSR count). The summed E-state index contributed by atoms with van der Waals surface area (Å²) in [7, 11) is 2.56. The number of carbonyl (C=O) groups is 2. The normalized spacial score (nSPS) is 18.9. The Kier molecular flexibility index (Phi) is 4.20. The number of hydrogen-bond acceptors (Lipinski definition) is 4. The highest BCUT2D eigenvalue weighted by molar-refractivity contribution is 5.85. The van der Waals surface area contributed by atoms with Crippen molar-refractivity contribution < 1.29 is 27.5 Å². The SMILES string of the molecule is CN[C@@H](CC(=O)NC1(C(F)(F)F)CC1)C(=O)OC. The molecule has 0 saturated heterocycles. The first kappa shape index (κ1) is 14.7. The molecule has 0 spiro atoms. The van der Waals surface area contributed by atoms with Gasteiger partial charge in [0.05, 0.1) is 13.5 Å². The van der Waals surface area contributed by atoms with Crippen LogP contribution >= 0.6 is 0 Å². The second kappa shape index (κ2) is 5.13. The van der Waals surface area contributed by atoms with Gasteiger partial charge >= 0.3 is 12.1 Å². The Morgan fingerprint density at radius 1 is 1.39 bits per heavy atom. The lowest BCUT2D eigenvalue weighted by molar-refractivity contribution is -0.170. The van der Waals surface area contributed by atoms with Crippen LogP contribution in [0.15, 0.2) is 0 Å². The molecule has 1 amide bonds. The summed E-state index contributed by atoms with van der Waals surface area (Å²) >= 11 is 0. The van der Waals surface area contributed by atoms with E-state index in [0.29, 0.717) is 0 Å². The van der Waals surface area contributed by atoms with Gasteiger partial charge in [0, 0.05) is 0 Å². The van der Waals surface area contributed by atoms with Crippen LogP contribution in [-0.2, 0) is 14.3 Å². The molecular formula is C10H15F3N2O3. The van der Waals surface area contributed by atoms with Gasteiger partial charge in [-0.1, -0.05) is 0 Å². The van der Waals surface area contributed by atoms with Gasteiger partial charge in [-0.25, -0.2) is 0 Å². The van der Waals surface area contributed by atoms with E-state index in [1.807, 2.05) is 5.32 Å². The molecule has 0 aromatic heterocycles. The van der Waals surface area contributed by atoms with Crippen LogP contribution in [0.3, 0.4) is 0 Å². The van der Waals surface area contributed by atoms with Gasteiger partial charge in [-0.15, -0.1) is 0 Å². The molecule has 1 fully saturated rings. The summed E-state index contributed by atoms with van der Waals surface area (Å²) in [4.78, 5) is 22.6. The first-order valence-corrected chi connectivity index (χ1v) is 5.38. The molecule has 1 saturated carbocycles. The van der Waals surface area contributed by atoms with Crippen molar-refractivity contribution in [2.45, 2.75) is 37.0 Å². The molecule has 0 radical (unpaired) electrons. The maximum atomic E-state index is 12.6. The van der Waals surface area contributed by atoms with Crippen molar-refractivity contribution in [3.63, 3.8) is 0 Å². The highest BCUT2D eigenvalue weighted by atomic mass is 19.4. The fourth-order valence-corrected chi connectivity index (χ4v) is 1.55. The van der Waals surface area contributed by atoms with Crippen LogP contribution in [0.1, 0.15) is 19.3 Å². The molecule has 0 heterocycles. The van der Waals surface area contributed by atoms with E-state index in [0.717, 1.165) is 7.11 Å². The third-order valence-electron chi connectivity index (χ3n) is 2.90. The number of likely N-dealkylation sites (N-methyl/N-ethyl adjacent to an activating group) is 1. The number of methoxy groups -OCH3 is 1. The summed E-state index contributed by atoms with van der Waals surface area (Å²) in [6.07, 6.45) is -5.08. The number of alkyl halides is 3. The van der Waals surface area contributed by atoms with Crippen molar-refractivity contribution in [1.82, 2.24) is 10.6 Å². The molecule has 1 atom stereocenters. The quantitative estimate of drug-likeness (QED) is 0.706. The lowest BCUT2D eigenvalue weighted by atomic mass is 10.1. The minimum absolute atomic E-state index is 0.120. The Bertz CT molecular complexity index is 340. The molecule has 8 heteroatoms. The predicted octanol–water partition coefficient (Wildman–Crippen LogP) is 0.349. The molecule has 0 aromatic carbocycles. The van der Waals surface area contributed by atoms with Crippen molar-refractivity contribution in [2.24, 2.45) is 0 Å². The van der Waals surface area contributed by atoms with Crippen LogP contribution < -0.4 is 10.6 Å². The Morgan fingerprint density at radius 3 is 2.28 bits per heavy atom. The molecule has 1 aliphatic carbocycles. The Hall–Kier alpha value is -1.31. The summed E-state index contributed by atoms with van der Waals surface area (Å²) in [5, 5.41) is 4.45. The van der Waals surface area contributed by atoms with E-state index in [4.69, 9.17) is 0 Å². The lowest BCUT2D eigenvalue weighted by Gasteiger charge is -2.22. The van der Waals surface area contributed by atoms with Crippen LogP contribution in [0.5, 0.6) is 0 Å². The highest BCUT2D eigenvalue weighted by Crippen LogP contribution is 2.48. The number of esters is 1. The average molecular weight is 268 g/mol. The van der Waals surface area contributed by atoms with Crippen molar-refractivity contribution in [3.8, 4) is 0 Å². The zero-order valence-electron chi connectivity index (χ0n) is 10.1. The van der Waals surface area contributed by atoms with E-state index < -0.39 is 29.6 Å². The molecule has 104 valence electrons. The first-order chi connectivity index (χ1) is 8.25. The monoisotopic (exact) mass is 268 g/mol. The van der Waals surface area contributed by atoms with E-state index >= 15 is 0 Å². The molecular weight excluding hydrogens is 253 g/mol. The van der Waals surface area contributed by atoms with Crippen LogP contribution in [0.2, 0.25) is 0 Å². The zero-order chi connectivity index (χ0) is 14.0. The summed E-state index contributed by atoms with van der Waals surface area (Å²) in [5.41, 5.74) is -2.10. The van der Waals surface area contributed by atoms with Crippen LogP contribution in [0.25, 0.3) is 0 Å². The largest absolute Gasteiger partial charge is 0.468 e. The van der Waals surface area contributed by atoms with E-state index in [2.05, 4.69) is 10.1 Å². The Balaban J connectivity index is 2.54. The number of ether oxygens (including phenoxy) is 1. The highest BCUT2D eigenvalue weighted by Gasteiger charge is 2.64. The summed E-state index contributed by atoms with van der Waals surface area (Å²) < 4.78 is 42.1. The van der Waals surface area contributed by atoms with Gasteiger partial charge in [0.2, 0.25) is 5.91 Å². The maximum absolute atomic E-state index is 12.6. The van der Waals surface area contributed by atoms with Crippen molar-refractivity contribution >= 4 is 11.9 Å². The lowest BCUT2D eigenvalue weighted by Crippen LogP contribution is -2.50. The molecule has 18 heavy (non-hydrogen) atoms. The van der Waals surface area contributed by atoms with E-state index in [1.165, 1.54) is 7.05 Å². The standard InChI is InChI=1S/C10H15F3N2O3/c1-14-6(8(17)18-2)5-7(16)15-9(3-4-9)10(11,12)13/h6,14H,3-5H2,1-2H3,(H,15,16)/t6-/m0/s1. The number of amides is 1. The number of carbonyl (C=O) groups excluding carboxylic acids is 2. The number of hydrogen-bond donors (Lipinski definition) is 2. The van der Waals surface area contributed by atoms with Crippen LogP contribution in [-0.4, -0.2) is 43.8 Å². The smallest absolute Gasteiger partial charge is 0.411 e. The predicted molar refractivity (Wildman–Crippen MR) is 55.6 cm³/mol. The van der Waals surface area contributed by atoms with Gasteiger partial charge in [0.1, 0.15) is 11.6 Å². The fourth-order valence-electron chi connectivity index (χ4n) is 1.55.